The van der Waals surface area contributed by atoms with Gasteiger partial charge in [0, 0.05) is 12.4 Å². The van der Waals surface area contributed by atoms with Crippen molar-refractivity contribution < 1.29 is 0 Å². The van der Waals surface area contributed by atoms with Crippen molar-refractivity contribution in [2.75, 3.05) is 0 Å². The second-order valence-electron chi connectivity index (χ2n) is 11.0. The van der Waals surface area contributed by atoms with E-state index in [-0.39, 0.29) is 0 Å². The highest BCUT2D eigenvalue weighted by molar-refractivity contribution is 6.24. The Labute approximate surface area is 254 Å². The summed E-state index contributed by atoms with van der Waals surface area (Å²) in [6.45, 7) is 0. The highest BCUT2D eigenvalue weighted by Crippen LogP contribution is 2.40. The summed E-state index contributed by atoms with van der Waals surface area (Å²) < 4.78 is 0. The van der Waals surface area contributed by atoms with E-state index in [1.807, 2.05) is 24.3 Å². The van der Waals surface area contributed by atoms with Crippen LogP contribution in [0.25, 0.3) is 76.8 Å². The number of aromatic nitrogens is 2. The number of benzene rings is 6. The molecule has 0 spiro atoms. The molecule has 4 heteroatoms. The maximum Gasteiger partial charge on any atom is 0.141 e. The van der Waals surface area contributed by atoms with Crippen molar-refractivity contribution in [3.05, 3.63) is 145 Å². The topological polar surface area (TPSA) is 73.4 Å². The van der Waals surface area contributed by atoms with Crippen molar-refractivity contribution in [2.45, 2.75) is 0 Å². The van der Waals surface area contributed by atoms with Gasteiger partial charge in [0.25, 0.3) is 0 Å². The molecule has 0 fully saturated rings. The Kier molecular flexibility index (Phi) is 5.86. The second-order valence-corrected chi connectivity index (χ2v) is 11.0. The normalized spacial score (nSPS) is 11.1. The monoisotopic (exact) mass is 558 g/mol. The molecule has 8 rings (SSSR count). The Morgan fingerprint density at radius 2 is 0.659 bits per heavy atom. The summed E-state index contributed by atoms with van der Waals surface area (Å²) in [6.07, 6.45) is 3.35. The third-order valence-corrected chi connectivity index (χ3v) is 8.39. The van der Waals surface area contributed by atoms with E-state index in [0.29, 0.717) is 11.4 Å². The highest BCUT2D eigenvalue weighted by Gasteiger charge is 2.13. The minimum Gasteiger partial charge on any atom is -0.246 e. The first-order valence-electron chi connectivity index (χ1n) is 14.3. The zero-order valence-corrected chi connectivity index (χ0v) is 23.5. The molecule has 0 bridgehead atoms. The molecule has 0 unspecified atom stereocenters. The third kappa shape index (κ3) is 4.31. The van der Waals surface area contributed by atoms with Gasteiger partial charge in [0.1, 0.15) is 23.5 Å². The van der Waals surface area contributed by atoms with E-state index in [2.05, 4.69) is 119 Å². The van der Waals surface area contributed by atoms with Crippen molar-refractivity contribution >= 4 is 32.3 Å². The summed E-state index contributed by atoms with van der Waals surface area (Å²) >= 11 is 0. The standard InChI is InChI=1S/C40H22N4/c41-23-37-21-29(13-15-43-37)25-1-5-27(6-2-25)35-17-31-9-11-33-19-36(20-34-12-10-32(18-35)39(31)40(33)34)28-7-3-26(4-8-28)30-14-16-44-38(22-30)24-42/h1-22H. The van der Waals surface area contributed by atoms with Gasteiger partial charge in [-0.15, -0.1) is 0 Å². The molecule has 0 aliphatic heterocycles. The summed E-state index contributed by atoms with van der Waals surface area (Å²) in [5.41, 5.74) is 9.56. The van der Waals surface area contributed by atoms with E-state index in [1.54, 1.807) is 12.4 Å². The van der Waals surface area contributed by atoms with E-state index in [9.17, 15) is 10.5 Å². The molecule has 2 aromatic heterocycles. The first-order chi connectivity index (χ1) is 21.7. The Morgan fingerprint density at radius 1 is 0.341 bits per heavy atom. The van der Waals surface area contributed by atoms with Crippen molar-refractivity contribution in [2.24, 2.45) is 0 Å². The van der Waals surface area contributed by atoms with Crippen LogP contribution in [0.15, 0.2) is 134 Å². The molecule has 44 heavy (non-hydrogen) atoms. The van der Waals surface area contributed by atoms with Gasteiger partial charge < -0.3 is 0 Å². The molecular formula is C40H22N4. The molecule has 6 aromatic carbocycles. The molecule has 8 aromatic rings. The predicted octanol–water partition coefficient (Wildman–Crippen LogP) is 9.79. The maximum atomic E-state index is 9.21. The van der Waals surface area contributed by atoms with Crippen LogP contribution in [0.2, 0.25) is 0 Å². The van der Waals surface area contributed by atoms with Crippen molar-refractivity contribution in [3.63, 3.8) is 0 Å². The molecule has 0 saturated heterocycles. The van der Waals surface area contributed by atoms with Gasteiger partial charge in [0.05, 0.1) is 0 Å². The number of rotatable bonds is 4. The maximum absolute atomic E-state index is 9.21. The van der Waals surface area contributed by atoms with Gasteiger partial charge >= 0.3 is 0 Å². The molecule has 4 nitrogen and oxygen atoms in total. The molecule has 0 N–H and O–H groups in total. The zero-order chi connectivity index (χ0) is 29.6. The minimum atomic E-state index is 0.417. The summed E-state index contributed by atoms with van der Waals surface area (Å²) in [5.74, 6) is 0. The molecule has 0 aliphatic rings. The van der Waals surface area contributed by atoms with Gasteiger partial charge in [-0.25, -0.2) is 9.97 Å². The van der Waals surface area contributed by atoms with Crippen LogP contribution in [0.3, 0.4) is 0 Å². The summed E-state index contributed by atoms with van der Waals surface area (Å²) in [6, 6.07) is 46.7. The van der Waals surface area contributed by atoms with Crippen molar-refractivity contribution in [3.8, 4) is 56.6 Å². The Balaban J connectivity index is 1.15. The third-order valence-electron chi connectivity index (χ3n) is 8.39. The minimum absolute atomic E-state index is 0.417. The fraction of sp³-hybridized carbons (Fsp3) is 0. The summed E-state index contributed by atoms with van der Waals surface area (Å²) in [4.78, 5) is 8.17. The molecular weight excluding hydrogens is 536 g/mol. The highest BCUT2D eigenvalue weighted by atomic mass is 14.7. The number of hydrogen-bond acceptors (Lipinski definition) is 4. The van der Waals surface area contributed by atoms with Crippen LogP contribution in [0.1, 0.15) is 11.4 Å². The van der Waals surface area contributed by atoms with Gasteiger partial charge in [-0.2, -0.15) is 10.5 Å². The van der Waals surface area contributed by atoms with Gasteiger partial charge in [0.15, 0.2) is 0 Å². The van der Waals surface area contributed by atoms with Gasteiger partial charge in [0.2, 0.25) is 0 Å². The Hall–Kier alpha value is -6.36. The molecule has 0 saturated carbocycles. The van der Waals surface area contributed by atoms with Crippen LogP contribution in [0.5, 0.6) is 0 Å². The smallest absolute Gasteiger partial charge is 0.141 e. The molecule has 0 radical (unpaired) electrons. The van der Waals surface area contributed by atoms with Crippen LogP contribution < -0.4 is 0 Å². The number of nitrogens with zero attached hydrogens (tertiary/aromatic N) is 4. The summed E-state index contributed by atoms with van der Waals surface area (Å²) in [7, 11) is 0. The lowest BCUT2D eigenvalue weighted by Gasteiger charge is -2.15. The van der Waals surface area contributed by atoms with Gasteiger partial charge in [-0.3, -0.25) is 0 Å². The first-order valence-corrected chi connectivity index (χ1v) is 14.3. The molecule has 0 aliphatic carbocycles. The summed E-state index contributed by atoms with van der Waals surface area (Å²) in [5, 5.41) is 25.9. The molecule has 0 atom stereocenters. The Bertz CT molecular complexity index is 2200. The fourth-order valence-electron chi connectivity index (χ4n) is 6.22. The van der Waals surface area contributed by atoms with Crippen LogP contribution in [-0.4, -0.2) is 9.97 Å². The van der Waals surface area contributed by atoms with E-state index in [4.69, 9.17) is 0 Å². The van der Waals surface area contributed by atoms with E-state index < -0.39 is 0 Å². The second kappa shape index (κ2) is 10.2. The van der Waals surface area contributed by atoms with Gasteiger partial charge in [-0.1, -0.05) is 72.8 Å². The number of hydrogen-bond donors (Lipinski definition) is 0. The van der Waals surface area contributed by atoms with E-state index in [0.717, 1.165) is 33.4 Å². The SMILES string of the molecule is N#Cc1cc(-c2ccc(-c3cc4ccc5cc(-c6ccc(-c7ccnc(C#N)c7)cc6)cc6ccc(c3)c4c56)cc2)ccn1. The Morgan fingerprint density at radius 3 is 0.977 bits per heavy atom. The van der Waals surface area contributed by atoms with Crippen molar-refractivity contribution in [1.82, 2.24) is 9.97 Å². The molecule has 2 heterocycles. The van der Waals surface area contributed by atoms with Crippen LogP contribution in [0, 0.1) is 22.7 Å². The lowest BCUT2D eigenvalue weighted by Crippen LogP contribution is -1.88. The van der Waals surface area contributed by atoms with Crippen LogP contribution >= 0.6 is 0 Å². The fourth-order valence-corrected chi connectivity index (χ4v) is 6.22. The van der Waals surface area contributed by atoms with Gasteiger partial charge in [-0.05, 0) is 125 Å². The van der Waals surface area contributed by atoms with Crippen molar-refractivity contribution in [1.29, 1.82) is 10.5 Å². The average Bonchev–Trinajstić information content (AvgIpc) is 3.10. The first kappa shape index (κ1) is 25.4. The largest absolute Gasteiger partial charge is 0.246 e. The number of nitriles is 2. The lowest BCUT2D eigenvalue weighted by molar-refractivity contribution is 1.26. The zero-order valence-electron chi connectivity index (χ0n) is 23.5. The van der Waals surface area contributed by atoms with E-state index >= 15 is 0 Å². The van der Waals surface area contributed by atoms with Crippen LogP contribution in [0.4, 0.5) is 0 Å². The quantitative estimate of drug-likeness (QED) is 0.202. The van der Waals surface area contributed by atoms with Crippen LogP contribution in [-0.2, 0) is 0 Å². The molecule has 0 amide bonds. The predicted molar refractivity (Wildman–Crippen MR) is 177 cm³/mol. The average molecular weight is 559 g/mol. The van der Waals surface area contributed by atoms with E-state index in [1.165, 1.54) is 43.4 Å². The number of pyridine rings is 2. The lowest BCUT2D eigenvalue weighted by atomic mass is 9.89. The molecule has 202 valence electrons.